The van der Waals surface area contributed by atoms with Crippen LogP contribution in [-0.2, 0) is 11.3 Å². The molecule has 0 aliphatic heterocycles. The molecule has 0 saturated carbocycles. The van der Waals surface area contributed by atoms with E-state index in [9.17, 15) is 4.79 Å². The molecule has 4 rings (SSSR count). The lowest BCUT2D eigenvalue weighted by molar-refractivity contribution is -0.134. The van der Waals surface area contributed by atoms with E-state index in [1.54, 1.807) is 50.6 Å². The summed E-state index contributed by atoms with van der Waals surface area (Å²) in [5.41, 5.74) is 1.77. The van der Waals surface area contributed by atoms with E-state index in [1.165, 1.54) is 0 Å². The van der Waals surface area contributed by atoms with E-state index in [2.05, 4.69) is 15.3 Å². The Bertz CT molecular complexity index is 1170. The van der Waals surface area contributed by atoms with Crippen LogP contribution in [-0.4, -0.2) is 26.0 Å². The first-order valence-corrected chi connectivity index (χ1v) is 9.90. The molecular weight excluding hydrogens is 400 g/mol. The van der Waals surface area contributed by atoms with Gasteiger partial charge in [-0.15, -0.1) is 0 Å². The zero-order valence-corrected chi connectivity index (χ0v) is 17.4. The van der Waals surface area contributed by atoms with Crippen LogP contribution in [0.4, 0.5) is 0 Å². The molecule has 30 heavy (non-hydrogen) atoms. The second kappa shape index (κ2) is 8.16. The Kier molecular flexibility index (Phi) is 5.42. The van der Waals surface area contributed by atoms with Gasteiger partial charge in [-0.2, -0.15) is 0 Å². The first kappa shape index (κ1) is 19.9. The van der Waals surface area contributed by atoms with E-state index >= 15 is 0 Å². The molecule has 2 aromatic carbocycles. The van der Waals surface area contributed by atoms with E-state index in [0.717, 1.165) is 22.4 Å². The van der Waals surface area contributed by atoms with Gasteiger partial charge in [0.1, 0.15) is 17.9 Å². The fourth-order valence-electron chi connectivity index (χ4n) is 3.04. The van der Waals surface area contributed by atoms with Gasteiger partial charge in [0.25, 0.3) is 5.91 Å². The molecule has 0 saturated heterocycles. The third kappa shape index (κ3) is 4.28. The number of para-hydroxylation sites is 2. The van der Waals surface area contributed by atoms with Gasteiger partial charge in [-0.1, -0.05) is 29.8 Å². The quantitative estimate of drug-likeness (QED) is 0.497. The molecule has 0 aliphatic carbocycles. The minimum atomic E-state index is -1.03. The van der Waals surface area contributed by atoms with Gasteiger partial charge in [-0.3, -0.25) is 9.36 Å². The largest absolute Gasteiger partial charge is 0.478 e. The summed E-state index contributed by atoms with van der Waals surface area (Å²) in [6.45, 7) is 3.80. The van der Waals surface area contributed by atoms with E-state index in [0.29, 0.717) is 17.3 Å². The number of rotatable bonds is 6. The molecule has 0 atom stereocenters. The number of pyridine rings is 1. The Labute approximate surface area is 179 Å². The van der Waals surface area contributed by atoms with Gasteiger partial charge in [0.05, 0.1) is 11.0 Å². The Morgan fingerprint density at radius 2 is 1.83 bits per heavy atom. The van der Waals surface area contributed by atoms with E-state index < -0.39 is 5.60 Å². The maximum Gasteiger partial charge on any atom is 0.263 e. The third-order valence-electron chi connectivity index (χ3n) is 4.70. The molecule has 4 aromatic rings. The number of carbonyl (C=O) groups is 1. The number of aromatic nitrogens is 3. The van der Waals surface area contributed by atoms with Crippen LogP contribution in [0.2, 0.25) is 5.02 Å². The minimum Gasteiger partial charge on any atom is -0.478 e. The van der Waals surface area contributed by atoms with E-state index in [1.807, 2.05) is 41.0 Å². The molecule has 0 unspecified atom stereocenters. The molecule has 6 nitrogen and oxygen atoms in total. The van der Waals surface area contributed by atoms with Crippen LogP contribution in [0.25, 0.3) is 16.9 Å². The van der Waals surface area contributed by atoms with Crippen LogP contribution in [0.15, 0.2) is 73.2 Å². The minimum absolute atomic E-state index is 0.220. The normalized spacial score (nSPS) is 11.4. The number of hydrogen-bond donors (Lipinski definition) is 1. The molecule has 1 N–H and O–H groups in total. The van der Waals surface area contributed by atoms with Crippen LogP contribution < -0.4 is 10.1 Å². The standard InChI is InChI=1S/C23H21ClN4O2/c1-23(2,30-18-10-8-17(24)9-11-18)22(29)26-14-16-7-12-21(25-13-16)28-15-27-19-5-3-4-6-20(19)28/h3-13,15H,14H2,1-2H3,(H,26,29). The van der Waals surface area contributed by atoms with Crippen LogP contribution in [0.3, 0.4) is 0 Å². The molecule has 0 aliphatic rings. The van der Waals surface area contributed by atoms with Crippen molar-refractivity contribution in [2.75, 3.05) is 0 Å². The number of ether oxygens (including phenoxy) is 1. The Morgan fingerprint density at radius 1 is 1.07 bits per heavy atom. The van der Waals surface area contributed by atoms with E-state index in [4.69, 9.17) is 16.3 Å². The van der Waals surface area contributed by atoms with Gasteiger partial charge < -0.3 is 10.1 Å². The Morgan fingerprint density at radius 3 is 2.57 bits per heavy atom. The summed E-state index contributed by atoms with van der Waals surface area (Å²) in [7, 11) is 0. The zero-order chi connectivity index (χ0) is 21.1. The highest BCUT2D eigenvalue weighted by atomic mass is 35.5. The number of fused-ring (bicyclic) bond motifs is 1. The number of benzene rings is 2. The second-order valence-electron chi connectivity index (χ2n) is 7.38. The fourth-order valence-corrected chi connectivity index (χ4v) is 3.17. The molecule has 0 radical (unpaired) electrons. The molecule has 0 spiro atoms. The summed E-state index contributed by atoms with van der Waals surface area (Å²) >= 11 is 5.89. The number of carbonyl (C=O) groups excluding carboxylic acids is 1. The lowest BCUT2D eigenvalue weighted by atomic mass is 10.1. The van der Waals surface area contributed by atoms with Crippen molar-refractivity contribution < 1.29 is 9.53 Å². The number of nitrogens with one attached hydrogen (secondary N) is 1. The van der Waals surface area contributed by atoms with Crippen LogP contribution in [0.5, 0.6) is 5.75 Å². The zero-order valence-electron chi connectivity index (χ0n) is 16.7. The molecule has 2 heterocycles. The highest BCUT2D eigenvalue weighted by molar-refractivity contribution is 6.30. The van der Waals surface area contributed by atoms with Crippen molar-refractivity contribution in [2.24, 2.45) is 0 Å². The first-order chi connectivity index (χ1) is 14.4. The third-order valence-corrected chi connectivity index (χ3v) is 4.95. The van der Waals surface area contributed by atoms with Crippen molar-refractivity contribution >= 4 is 28.5 Å². The average molecular weight is 421 g/mol. The number of hydrogen-bond acceptors (Lipinski definition) is 4. The molecule has 0 bridgehead atoms. The molecule has 152 valence electrons. The lowest BCUT2D eigenvalue weighted by Crippen LogP contribution is -2.46. The van der Waals surface area contributed by atoms with Crippen LogP contribution >= 0.6 is 11.6 Å². The average Bonchev–Trinajstić information content (AvgIpc) is 3.18. The summed E-state index contributed by atoms with van der Waals surface area (Å²) in [6.07, 6.45) is 3.50. The van der Waals surface area contributed by atoms with Gasteiger partial charge in [-0.25, -0.2) is 9.97 Å². The SMILES string of the molecule is CC(C)(Oc1ccc(Cl)cc1)C(=O)NCc1ccc(-n2cnc3ccccc32)nc1. The van der Waals surface area contributed by atoms with Crippen molar-refractivity contribution in [1.29, 1.82) is 0 Å². The van der Waals surface area contributed by atoms with E-state index in [-0.39, 0.29) is 5.91 Å². The van der Waals surface area contributed by atoms with Crippen LogP contribution in [0, 0.1) is 0 Å². The lowest BCUT2D eigenvalue weighted by Gasteiger charge is -2.25. The second-order valence-corrected chi connectivity index (χ2v) is 7.81. The molecule has 2 aromatic heterocycles. The summed E-state index contributed by atoms with van der Waals surface area (Å²) in [6, 6.07) is 18.7. The number of nitrogens with zero attached hydrogens (tertiary/aromatic N) is 3. The highest BCUT2D eigenvalue weighted by Gasteiger charge is 2.29. The van der Waals surface area contributed by atoms with Gasteiger partial charge in [-0.05, 0) is 61.9 Å². The predicted octanol–water partition coefficient (Wildman–Crippen LogP) is 4.55. The smallest absolute Gasteiger partial charge is 0.263 e. The fraction of sp³-hybridized carbons (Fsp3) is 0.174. The monoisotopic (exact) mass is 420 g/mol. The van der Waals surface area contributed by atoms with Crippen molar-refractivity contribution in [2.45, 2.75) is 26.0 Å². The summed E-state index contributed by atoms with van der Waals surface area (Å²) in [4.78, 5) is 21.5. The predicted molar refractivity (Wildman–Crippen MR) is 117 cm³/mol. The number of halogens is 1. The number of amides is 1. The van der Waals surface area contributed by atoms with Gasteiger partial charge in [0, 0.05) is 17.8 Å². The Hall–Kier alpha value is -3.38. The molecule has 7 heteroatoms. The van der Waals surface area contributed by atoms with Crippen molar-refractivity contribution in [3.8, 4) is 11.6 Å². The van der Waals surface area contributed by atoms with Crippen LogP contribution in [0.1, 0.15) is 19.4 Å². The summed E-state index contributed by atoms with van der Waals surface area (Å²) in [5.74, 6) is 1.13. The topological polar surface area (TPSA) is 69.0 Å². The molecule has 1 amide bonds. The maximum atomic E-state index is 12.6. The first-order valence-electron chi connectivity index (χ1n) is 9.53. The number of imidazole rings is 1. The van der Waals surface area contributed by atoms with Crippen molar-refractivity contribution in [3.05, 3.63) is 83.8 Å². The Balaban J connectivity index is 1.40. The summed E-state index contributed by atoms with van der Waals surface area (Å²) in [5, 5.41) is 3.52. The molecular formula is C23H21ClN4O2. The highest BCUT2D eigenvalue weighted by Crippen LogP contribution is 2.21. The molecule has 0 fully saturated rings. The van der Waals surface area contributed by atoms with Crippen molar-refractivity contribution in [3.63, 3.8) is 0 Å². The van der Waals surface area contributed by atoms with Crippen molar-refractivity contribution in [1.82, 2.24) is 19.9 Å². The van der Waals surface area contributed by atoms with Gasteiger partial charge >= 0.3 is 0 Å². The van der Waals surface area contributed by atoms with Gasteiger partial charge in [0.2, 0.25) is 0 Å². The summed E-state index contributed by atoms with van der Waals surface area (Å²) < 4.78 is 7.75. The van der Waals surface area contributed by atoms with Gasteiger partial charge in [0.15, 0.2) is 5.60 Å². The maximum absolute atomic E-state index is 12.6.